The van der Waals surface area contributed by atoms with Crippen molar-refractivity contribution in [1.29, 1.82) is 0 Å². The van der Waals surface area contributed by atoms with E-state index in [0.717, 1.165) is 28.8 Å². The number of hydrogen-bond donors (Lipinski definition) is 2. The molecule has 1 heterocycles. The molecule has 5 nitrogen and oxygen atoms in total. The molecule has 0 aliphatic heterocycles. The lowest BCUT2D eigenvalue weighted by molar-refractivity contribution is -0.118. The van der Waals surface area contributed by atoms with Gasteiger partial charge in [-0.1, -0.05) is 6.92 Å². The summed E-state index contributed by atoms with van der Waals surface area (Å²) in [6, 6.07) is 0.0692. The maximum absolute atomic E-state index is 10.8. The molecule has 18 heavy (non-hydrogen) atoms. The first kappa shape index (κ1) is 15.2. The summed E-state index contributed by atoms with van der Waals surface area (Å²) in [5.41, 5.74) is 7.35. The van der Waals surface area contributed by atoms with E-state index in [2.05, 4.69) is 40.2 Å². The van der Waals surface area contributed by atoms with Gasteiger partial charge in [-0.15, -0.1) is 0 Å². The molecule has 102 valence electrons. The summed E-state index contributed by atoms with van der Waals surface area (Å²) in [6.07, 6.45) is 1.25. The standard InChI is InChI=1S/C12H21BrN4O/c1-4-9-12(13)10(17(5-2)16-9)7-15-8(3)6-11(14)18/h8,15H,4-7H2,1-3H3,(H2,14,18). The third kappa shape index (κ3) is 3.81. The highest BCUT2D eigenvalue weighted by atomic mass is 79.9. The van der Waals surface area contributed by atoms with Crippen LogP contribution in [0.15, 0.2) is 4.47 Å². The number of primary amides is 1. The van der Waals surface area contributed by atoms with Gasteiger partial charge in [-0.05, 0) is 36.2 Å². The maximum Gasteiger partial charge on any atom is 0.218 e. The molecule has 0 saturated heterocycles. The highest BCUT2D eigenvalue weighted by Crippen LogP contribution is 2.22. The van der Waals surface area contributed by atoms with E-state index in [-0.39, 0.29) is 11.9 Å². The molecule has 1 rings (SSSR count). The summed E-state index contributed by atoms with van der Waals surface area (Å²) < 4.78 is 3.04. The molecule has 1 aromatic rings. The molecule has 0 radical (unpaired) electrons. The van der Waals surface area contributed by atoms with E-state index >= 15 is 0 Å². The molecule has 1 amide bonds. The SMILES string of the molecule is CCc1nn(CC)c(CNC(C)CC(N)=O)c1Br. The third-order valence-corrected chi connectivity index (χ3v) is 3.73. The number of amides is 1. The Balaban J connectivity index is 2.71. The van der Waals surface area contributed by atoms with Gasteiger partial charge in [0.1, 0.15) is 0 Å². The first-order valence-electron chi connectivity index (χ1n) is 6.25. The predicted molar refractivity (Wildman–Crippen MR) is 75.1 cm³/mol. The van der Waals surface area contributed by atoms with Crippen molar-refractivity contribution in [2.75, 3.05) is 0 Å². The number of nitrogens with two attached hydrogens (primary N) is 1. The van der Waals surface area contributed by atoms with Gasteiger partial charge in [0.2, 0.25) is 5.91 Å². The molecule has 0 bridgehead atoms. The Morgan fingerprint density at radius 1 is 1.56 bits per heavy atom. The minimum atomic E-state index is -0.285. The lowest BCUT2D eigenvalue weighted by Gasteiger charge is -2.13. The second kappa shape index (κ2) is 6.89. The molecule has 0 aromatic carbocycles. The van der Waals surface area contributed by atoms with E-state index in [1.807, 2.05) is 11.6 Å². The number of rotatable bonds is 7. The second-order valence-corrected chi connectivity index (χ2v) is 5.12. The van der Waals surface area contributed by atoms with Crippen LogP contribution in [-0.2, 0) is 24.3 Å². The van der Waals surface area contributed by atoms with E-state index in [1.54, 1.807) is 0 Å². The van der Waals surface area contributed by atoms with Crippen LogP contribution in [0.25, 0.3) is 0 Å². The van der Waals surface area contributed by atoms with Crippen molar-refractivity contribution >= 4 is 21.8 Å². The lowest BCUT2D eigenvalue weighted by atomic mass is 10.2. The van der Waals surface area contributed by atoms with E-state index in [1.165, 1.54) is 0 Å². The summed E-state index contributed by atoms with van der Waals surface area (Å²) in [5, 5.41) is 7.82. The van der Waals surface area contributed by atoms with Crippen molar-refractivity contribution in [3.8, 4) is 0 Å². The molecule has 0 spiro atoms. The van der Waals surface area contributed by atoms with Crippen LogP contribution in [0.5, 0.6) is 0 Å². The van der Waals surface area contributed by atoms with Crippen LogP contribution in [0.1, 0.15) is 38.6 Å². The average Bonchev–Trinajstić information content (AvgIpc) is 2.62. The van der Waals surface area contributed by atoms with Gasteiger partial charge < -0.3 is 11.1 Å². The number of carbonyl (C=O) groups excluding carboxylic acids is 1. The number of carbonyl (C=O) groups is 1. The molecule has 0 fully saturated rings. The molecule has 0 saturated carbocycles. The van der Waals surface area contributed by atoms with Crippen LogP contribution in [-0.4, -0.2) is 21.7 Å². The van der Waals surface area contributed by atoms with Crippen LogP contribution >= 0.6 is 15.9 Å². The first-order valence-corrected chi connectivity index (χ1v) is 7.04. The van der Waals surface area contributed by atoms with Gasteiger partial charge >= 0.3 is 0 Å². The van der Waals surface area contributed by atoms with E-state index < -0.39 is 0 Å². The van der Waals surface area contributed by atoms with Gasteiger partial charge in [0.25, 0.3) is 0 Å². The number of nitrogens with zero attached hydrogens (tertiary/aromatic N) is 2. The first-order chi connectivity index (χ1) is 8.49. The molecule has 0 aliphatic rings. The number of halogens is 1. The molecule has 1 unspecified atom stereocenters. The Kier molecular flexibility index (Phi) is 5.81. The van der Waals surface area contributed by atoms with E-state index in [0.29, 0.717) is 13.0 Å². The average molecular weight is 317 g/mol. The summed E-state index contributed by atoms with van der Waals surface area (Å²) in [7, 11) is 0. The van der Waals surface area contributed by atoms with Gasteiger partial charge in [0.15, 0.2) is 0 Å². The van der Waals surface area contributed by atoms with Gasteiger partial charge in [-0.2, -0.15) is 5.10 Å². The van der Waals surface area contributed by atoms with Gasteiger partial charge in [-0.25, -0.2) is 0 Å². The van der Waals surface area contributed by atoms with Crippen LogP contribution in [0, 0.1) is 0 Å². The van der Waals surface area contributed by atoms with E-state index in [9.17, 15) is 4.79 Å². The smallest absolute Gasteiger partial charge is 0.218 e. The highest BCUT2D eigenvalue weighted by Gasteiger charge is 2.14. The van der Waals surface area contributed by atoms with Gasteiger partial charge in [-0.3, -0.25) is 9.48 Å². The normalized spacial score (nSPS) is 12.7. The van der Waals surface area contributed by atoms with Crippen molar-refractivity contribution in [1.82, 2.24) is 15.1 Å². The van der Waals surface area contributed by atoms with Gasteiger partial charge in [0, 0.05) is 25.6 Å². The Morgan fingerprint density at radius 2 is 2.22 bits per heavy atom. The monoisotopic (exact) mass is 316 g/mol. The van der Waals surface area contributed by atoms with Crippen molar-refractivity contribution in [2.45, 2.75) is 52.7 Å². The fourth-order valence-electron chi connectivity index (χ4n) is 1.83. The minimum Gasteiger partial charge on any atom is -0.370 e. The van der Waals surface area contributed by atoms with Crippen LogP contribution in [0.4, 0.5) is 0 Å². The van der Waals surface area contributed by atoms with Crippen LogP contribution in [0.3, 0.4) is 0 Å². The number of aryl methyl sites for hydroxylation is 2. The van der Waals surface area contributed by atoms with Crippen molar-refractivity contribution < 1.29 is 4.79 Å². The zero-order valence-electron chi connectivity index (χ0n) is 11.2. The zero-order chi connectivity index (χ0) is 13.7. The lowest BCUT2D eigenvalue weighted by Crippen LogP contribution is -2.31. The summed E-state index contributed by atoms with van der Waals surface area (Å²) >= 11 is 3.59. The quantitative estimate of drug-likeness (QED) is 0.802. The van der Waals surface area contributed by atoms with Crippen LogP contribution < -0.4 is 11.1 Å². The summed E-state index contributed by atoms with van der Waals surface area (Å²) in [6.45, 7) is 7.61. The predicted octanol–water partition coefficient (Wildman–Crippen LogP) is 1.58. The molecule has 1 atom stereocenters. The fraction of sp³-hybridized carbons (Fsp3) is 0.667. The molecular formula is C12H21BrN4O. The maximum atomic E-state index is 10.8. The Morgan fingerprint density at radius 3 is 2.72 bits per heavy atom. The highest BCUT2D eigenvalue weighted by molar-refractivity contribution is 9.10. The molecule has 3 N–H and O–H groups in total. The van der Waals surface area contributed by atoms with Crippen molar-refractivity contribution in [3.63, 3.8) is 0 Å². The largest absolute Gasteiger partial charge is 0.370 e. The summed E-state index contributed by atoms with van der Waals surface area (Å²) in [5.74, 6) is -0.285. The van der Waals surface area contributed by atoms with Crippen molar-refractivity contribution in [2.24, 2.45) is 5.73 Å². The Labute approximate surface area is 116 Å². The summed E-state index contributed by atoms with van der Waals surface area (Å²) in [4.78, 5) is 10.8. The number of nitrogens with one attached hydrogen (secondary N) is 1. The Hall–Kier alpha value is -0.880. The second-order valence-electron chi connectivity index (χ2n) is 4.33. The van der Waals surface area contributed by atoms with Crippen molar-refractivity contribution in [3.05, 3.63) is 15.9 Å². The molecular weight excluding hydrogens is 296 g/mol. The topological polar surface area (TPSA) is 72.9 Å². The fourth-order valence-corrected chi connectivity index (χ4v) is 2.54. The zero-order valence-corrected chi connectivity index (χ0v) is 12.7. The number of aromatic nitrogens is 2. The molecule has 1 aromatic heterocycles. The Bertz CT molecular complexity index is 416. The number of hydrogen-bond acceptors (Lipinski definition) is 3. The minimum absolute atomic E-state index is 0.0692. The third-order valence-electron chi connectivity index (χ3n) is 2.82. The van der Waals surface area contributed by atoms with Crippen LogP contribution in [0.2, 0.25) is 0 Å². The molecule has 0 aliphatic carbocycles. The molecule has 6 heteroatoms. The van der Waals surface area contributed by atoms with Gasteiger partial charge in [0.05, 0.1) is 15.9 Å². The van der Waals surface area contributed by atoms with E-state index in [4.69, 9.17) is 5.73 Å².